The highest BCUT2D eigenvalue weighted by Crippen LogP contribution is 2.07. The normalized spacial score (nSPS) is 11.5. The molecule has 2 N–H and O–H groups in total. The summed E-state index contributed by atoms with van der Waals surface area (Å²) in [6.45, 7) is 5.23. The van der Waals surface area contributed by atoms with E-state index in [2.05, 4.69) is 38.1 Å². The first-order chi connectivity index (χ1) is 12.3. The maximum atomic E-state index is 5.69. The van der Waals surface area contributed by atoms with Crippen LogP contribution in [0.4, 0.5) is 0 Å². The van der Waals surface area contributed by atoms with E-state index in [0.29, 0.717) is 6.61 Å². The molecule has 0 spiro atoms. The molecule has 0 fully saturated rings. The smallest absolute Gasteiger partial charge is 0.190 e. The third-order valence-electron chi connectivity index (χ3n) is 3.68. The van der Waals surface area contributed by atoms with E-state index in [1.807, 2.05) is 25.1 Å². The van der Waals surface area contributed by atoms with Gasteiger partial charge in [0.2, 0.25) is 0 Å². The second kappa shape index (κ2) is 11.6. The molecule has 0 unspecified atom stereocenters. The van der Waals surface area contributed by atoms with Crippen LogP contribution in [0, 0.1) is 6.92 Å². The third kappa shape index (κ3) is 8.14. The summed E-state index contributed by atoms with van der Waals surface area (Å²) >= 11 is 1.69. The number of aryl methyl sites for hydroxylation is 1. The summed E-state index contributed by atoms with van der Waals surface area (Å²) in [5, 5.41) is 9.89. The fourth-order valence-electron chi connectivity index (χ4n) is 2.35. The molecule has 6 heteroatoms. The van der Waals surface area contributed by atoms with Gasteiger partial charge in [0.25, 0.3) is 0 Å². The molecule has 0 radical (unpaired) electrons. The maximum absolute atomic E-state index is 5.69. The van der Waals surface area contributed by atoms with Gasteiger partial charge in [-0.25, -0.2) is 4.98 Å². The monoisotopic (exact) mass is 360 g/mol. The number of hydrogen-bond acceptors (Lipinski definition) is 4. The Morgan fingerprint density at radius 3 is 2.68 bits per heavy atom. The van der Waals surface area contributed by atoms with Crippen LogP contribution < -0.4 is 10.6 Å². The summed E-state index contributed by atoms with van der Waals surface area (Å²) < 4.78 is 5.69. The molecule has 0 bridgehead atoms. The Bertz CT molecular complexity index is 627. The van der Waals surface area contributed by atoms with Gasteiger partial charge in [0, 0.05) is 38.5 Å². The lowest BCUT2D eigenvalue weighted by molar-refractivity contribution is 0.117. The van der Waals surface area contributed by atoms with Crippen molar-refractivity contribution < 1.29 is 4.74 Å². The van der Waals surface area contributed by atoms with Crippen molar-refractivity contribution in [2.45, 2.75) is 32.8 Å². The number of ether oxygens (including phenoxy) is 1. The Kier molecular flexibility index (Phi) is 9.01. The van der Waals surface area contributed by atoms with Crippen LogP contribution in [0.25, 0.3) is 0 Å². The minimum absolute atomic E-state index is 0.688. The molecule has 1 heterocycles. The van der Waals surface area contributed by atoms with Crippen molar-refractivity contribution in [2.75, 3.05) is 26.7 Å². The van der Waals surface area contributed by atoms with Gasteiger partial charge in [-0.15, -0.1) is 11.3 Å². The Labute approximate surface area is 154 Å². The quantitative estimate of drug-likeness (QED) is 0.388. The molecule has 0 saturated carbocycles. The van der Waals surface area contributed by atoms with Crippen molar-refractivity contribution in [3.63, 3.8) is 0 Å². The van der Waals surface area contributed by atoms with Gasteiger partial charge in [-0.1, -0.05) is 30.3 Å². The largest absolute Gasteiger partial charge is 0.377 e. The molecule has 2 rings (SSSR count). The second-order valence-corrected chi connectivity index (χ2v) is 6.84. The van der Waals surface area contributed by atoms with E-state index in [9.17, 15) is 0 Å². The summed E-state index contributed by atoms with van der Waals surface area (Å²) in [7, 11) is 1.80. The highest BCUT2D eigenvalue weighted by Gasteiger charge is 2.00. The van der Waals surface area contributed by atoms with Crippen molar-refractivity contribution in [1.29, 1.82) is 0 Å². The van der Waals surface area contributed by atoms with Crippen LogP contribution in [0.15, 0.2) is 40.7 Å². The van der Waals surface area contributed by atoms with E-state index < -0.39 is 0 Å². The average molecular weight is 361 g/mol. The van der Waals surface area contributed by atoms with Crippen LogP contribution in [-0.4, -0.2) is 37.7 Å². The number of aliphatic imine (C=N–C) groups is 1. The Balaban J connectivity index is 1.48. The number of rotatable bonds is 10. The highest BCUT2D eigenvalue weighted by molar-refractivity contribution is 7.09. The molecule has 0 saturated heterocycles. The van der Waals surface area contributed by atoms with Crippen molar-refractivity contribution in [3.8, 4) is 0 Å². The minimum atomic E-state index is 0.688. The molecule has 0 aliphatic rings. The lowest BCUT2D eigenvalue weighted by Crippen LogP contribution is -2.38. The predicted molar refractivity (Wildman–Crippen MR) is 105 cm³/mol. The molecule has 2 aromatic rings. The maximum Gasteiger partial charge on any atom is 0.190 e. The molecule has 0 aliphatic heterocycles. The summed E-state index contributed by atoms with van der Waals surface area (Å²) in [6, 6.07) is 10.3. The molecule has 1 aromatic carbocycles. The van der Waals surface area contributed by atoms with Gasteiger partial charge in [-0.3, -0.25) is 4.99 Å². The highest BCUT2D eigenvalue weighted by atomic mass is 32.1. The van der Waals surface area contributed by atoms with Gasteiger partial charge in [0.1, 0.15) is 0 Å². The van der Waals surface area contributed by atoms with E-state index in [1.54, 1.807) is 18.4 Å². The van der Waals surface area contributed by atoms with Crippen LogP contribution in [0.2, 0.25) is 0 Å². The zero-order valence-electron chi connectivity index (χ0n) is 15.1. The van der Waals surface area contributed by atoms with Crippen LogP contribution in [-0.2, 0) is 17.8 Å². The standard InChI is InChI=1S/C19H28N4OS/c1-16-23-18(15-25-16)10-12-22-19(20-2)21-11-6-7-13-24-14-17-8-4-3-5-9-17/h3-5,8-9,15H,6-7,10-14H2,1-2H3,(H2,20,21,22). The van der Waals surface area contributed by atoms with Crippen LogP contribution in [0.5, 0.6) is 0 Å². The van der Waals surface area contributed by atoms with Crippen molar-refractivity contribution in [2.24, 2.45) is 4.99 Å². The van der Waals surface area contributed by atoms with Crippen molar-refractivity contribution in [3.05, 3.63) is 52.0 Å². The summed E-state index contributed by atoms with van der Waals surface area (Å²) in [5.41, 5.74) is 2.36. The molecular formula is C19H28N4OS. The Morgan fingerprint density at radius 1 is 1.16 bits per heavy atom. The second-order valence-electron chi connectivity index (χ2n) is 5.78. The first-order valence-electron chi connectivity index (χ1n) is 8.75. The number of hydrogen-bond donors (Lipinski definition) is 2. The predicted octanol–water partition coefficient (Wildman–Crippen LogP) is 3.16. The van der Waals surface area contributed by atoms with Crippen molar-refractivity contribution >= 4 is 17.3 Å². The van der Waals surface area contributed by atoms with Gasteiger partial charge in [0.05, 0.1) is 17.3 Å². The number of nitrogens with zero attached hydrogens (tertiary/aromatic N) is 2. The van der Waals surface area contributed by atoms with E-state index >= 15 is 0 Å². The number of aromatic nitrogens is 1. The summed E-state index contributed by atoms with van der Waals surface area (Å²) in [4.78, 5) is 8.71. The molecule has 1 aromatic heterocycles. The fraction of sp³-hybridized carbons (Fsp3) is 0.474. The van der Waals surface area contributed by atoms with E-state index in [1.165, 1.54) is 5.56 Å². The molecule has 25 heavy (non-hydrogen) atoms. The van der Waals surface area contributed by atoms with Crippen LogP contribution in [0.3, 0.4) is 0 Å². The first-order valence-corrected chi connectivity index (χ1v) is 9.63. The van der Waals surface area contributed by atoms with Gasteiger partial charge in [0.15, 0.2) is 5.96 Å². The number of thiazole rings is 1. The zero-order chi connectivity index (χ0) is 17.7. The first kappa shape index (κ1) is 19.4. The number of unbranched alkanes of at least 4 members (excludes halogenated alkanes) is 1. The number of benzene rings is 1. The Hall–Kier alpha value is -1.92. The van der Waals surface area contributed by atoms with Crippen LogP contribution >= 0.6 is 11.3 Å². The molecule has 0 atom stereocenters. The molecular weight excluding hydrogens is 332 g/mol. The summed E-state index contributed by atoms with van der Waals surface area (Å²) in [6.07, 6.45) is 3.01. The van der Waals surface area contributed by atoms with Gasteiger partial charge < -0.3 is 15.4 Å². The van der Waals surface area contributed by atoms with E-state index in [-0.39, 0.29) is 0 Å². The molecule has 136 valence electrons. The third-order valence-corrected chi connectivity index (χ3v) is 4.51. The zero-order valence-corrected chi connectivity index (χ0v) is 15.9. The lowest BCUT2D eigenvalue weighted by Gasteiger charge is -2.11. The number of nitrogens with one attached hydrogen (secondary N) is 2. The topological polar surface area (TPSA) is 58.5 Å². The van der Waals surface area contributed by atoms with E-state index in [0.717, 1.165) is 55.6 Å². The number of guanidine groups is 1. The minimum Gasteiger partial charge on any atom is -0.377 e. The van der Waals surface area contributed by atoms with Crippen LogP contribution in [0.1, 0.15) is 29.1 Å². The van der Waals surface area contributed by atoms with Gasteiger partial charge in [-0.05, 0) is 25.3 Å². The molecule has 0 amide bonds. The summed E-state index contributed by atoms with van der Waals surface area (Å²) in [5.74, 6) is 0.845. The molecule has 0 aliphatic carbocycles. The Morgan fingerprint density at radius 2 is 1.96 bits per heavy atom. The van der Waals surface area contributed by atoms with Crippen molar-refractivity contribution in [1.82, 2.24) is 15.6 Å². The SMILES string of the molecule is CN=C(NCCCCOCc1ccccc1)NCCc1csc(C)n1. The fourth-order valence-corrected chi connectivity index (χ4v) is 3.00. The lowest BCUT2D eigenvalue weighted by atomic mass is 10.2. The van der Waals surface area contributed by atoms with E-state index in [4.69, 9.17) is 4.74 Å². The van der Waals surface area contributed by atoms with Gasteiger partial charge in [-0.2, -0.15) is 0 Å². The average Bonchev–Trinajstić information content (AvgIpc) is 3.05. The molecule has 5 nitrogen and oxygen atoms in total. The van der Waals surface area contributed by atoms with Gasteiger partial charge >= 0.3 is 0 Å².